The summed E-state index contributed by atoms with van der Waals surface area (Å²) in [5, 5.41) is 4.08. The number of hydrogen-bond donors (Lipinski definition) is 2. The fourth-order valence-electron chi connectivity index (χ4n) is 2.86. The van der Waals surface area contributed by atoms with Crippen LogP contribution in [0.5, 0.6) is 0 Å². The Kier molecular flexibility index (Phi) is 5.61. The standard InChI is InChI=1S/C17H24N4OS/c1-13-11-21(5-6-22-13)12-15-4-2-3-14(7-15)8-19-9-16-10-20-17(18)23-16/h2-4,7,10,13,19H,5-6,8-9,11-12H2,1H3,(H2,18,20). The molecule has 1 fully saturated rings. The molecule has 1 aromatic heterocycles. The number of hydrogen-bond acceptors (Lipinski definition) is 6. The van der Waals surface area contributed by atoms with E-state index in [1.54, 1.807) is 0 Å². The molecule has 5 nitrogen and oxygen atoms in total. The number of thiazole rings is 1. The zero-order chi connectivity index (χ0) is 16.1. The normalized spacial score (nSPS) is 19.1. The molecule has 0 saturated carbocycles. The summed E-state index contributed by atoms with van der Waals surface area (Å²) in [6.45, 7) is 7.64. The molecule has 1 saturated heterocycles. The van der Waals surface area contributed by atoms with Crippen LogP contribution in [-0.4, -0.2) is 35.7 Å². The van der Waals surface area contributed by atoms with Crippen molar-refractivity contribution in [3.63, 3.8) is 0 Å². The van der Waals surface area contributed by atoms with Gasteiger partial charge in [-0.2, -0.15) is 0 Å². The van der Waals surface area contributed by atoms with Crippen LogP contribution in [0.25, 0.3) is 0 Å². The van der Waals surface area contributed by atoms with Crippen molar-refractivity contribution >= 4 is 16.5 Å². The van der Waals surface area contributed by atoms with Gasteiger partial charge in [0.15, 0.2) is 5.13 Å². The van der Waals surface area contributed by atoms with Gasteiger partial charge in [0.2, 0.25) is 0 Å². The summed E-state index contributed by atoms with van der Waals surface area (Å²) in [6, 6.07) is 8.79. The third kappa shape index (κ3) is 5.00. The van der Waals surface area contributed by atoms with Gasteiger partial charge in [0.25, 0.3) is 0 Å². The Morgan fingerprint density at radius 1 is 1.39 bits per heavy atom. The number of nitrogens with zero attached hydrogens (tertiary/aromatic N) is 2. The molecule has 6 heteroatoms. The molecule has 1 aromatic carbocycles. The number of nitrogens with one attached hydrogen (secondary N) is 1. The number of benzene rings is 1. The van der Waals surface area contributed by atoms with E-state index in [0.29, 0.717) is 11.2 Å². The van der Waals surface area contributed by atoms with Crippen molar-refractivity contribution in [2.24, 2.45) is 0 Å². The van der Waals surface area contributed by atoms with Gasteiger partial charge >= 0.3 is 0 Å². The van der Waals surface area contributed by atoms with Gasteiger partial charge in [-0.3, -0.25) is 4.90 Å². The quantitative estimate of drug-likeness (QED) is 0.849. The molecular weight excluding hydrogens is 308 g/mol. The molecule has 0 radical (unpaired) electrons. The molecule has 0 spiro atoms. The zero-order valence-electron chi connectivity index (χ0n) is 13.5. The lowest BCUT2D eigenvalue weighted by Crippen LogP contribution is -2.40. The maximum absolute atomic E-state index is 5.65. The SMILES string of the molecule is CC1CN(Cc2cccc(CNCc3cnc(N)s3)c2)CCO1. The topological polar surface area (TPSA) is 63.4 Å². The maximum Gasteiger partial charge on any atom is 0.180 e. The van der Waals surface area contributed by atoms with E-state index in [0.717, 1.165) is 39.3 Å². The number of rotatable bonds is 6. The van der Waals surface area contributed by atoms with E-state index >= 15 is 0 Å². The highest BCUT2D eigenvalue weighted by Crippen LogP contribution is 2.15. The smallest absolute Gasteiger partial charge is 0.180 e. The number of nitrogen functional groups attached to an aromatic ring is 1. The van der Waals surface area contributed by atoms with Crippen molar-refractivity contribution in [1.29, 1.82) is 0 Å². The van der Waals surface area contributed by atoms with Crippen LogP contribution in [0.4, 0.5) is 5.13 Å². The lowest BCUT2D eigenvalue weighted by atomic mass is 10.1. The number of ether oxygens (including phenoxy) is 1. The van der Waals surface area contributed by atoms with Crippen molar-refractivity contribution in [3.05, 3.63) is 46.5 Å². The molecule has 1 aliphatic rings. The van der Waals surface area contributed by atoms with Crippen molar-refractivity contribution in [2.75, 3.05) is 25.4 Å². The Balaban J connectivity index is 1.50. The Morgan fingerprint density at radius 3 is 3.04 bits per heavy atom. The lowest BCUT2D eigenvalue weighted by Gasteiger charge is -2.31. The van der Waals surface area contributed by atoms with E-state index in [9.17, 15) is 0 Å². The molecule has 1 unspecified atom stereocenters. The number of anilines is 1. The summed E-state index contributed by atoms with van der Waals surface area (Å²) in [5.41, 5.74) is 8.31. The first-order chi connectivity index (χ1) is 11.2. The van der Waals surface area contributed by atoms with Gasteiger partial charge in [-0.25, -0.2) is 4.98 Å². The van der Waals surface area contributed by atoms with Gasteiger partial charge < -0.3 is 15.8 Å². The lowest BCUT2D eigenvalue weighted by molar-refractivity contribution is -0.0212. The van der Waals surface area contributed by atoms with Gasteiger partial charge in [0, 0.05) is 43.8 Å². The molecule has 1 atom stereocenters. The van der Waals surface area contributed by atoms with Crippen LogP contribution in [0.15, 0.2) is 30.5 Å². The molecule has 3 rings (SSSR count). The Labute approximate surface area is 141 Å². The van der Waals surface area contributed by atoms with E-state index in [2.05, 4.69) is 46.4 Å². The van der Waals surface area contributed by atoms with E-state index in [1.807, 2.05) is 6.20 Å². The van der Waals surface area contributed by atoms with Crippen LogP contribution in [0, 0.1) is 0 Å². The highest BCUT2D eigenvalue weighted by atomic mass is 32.1. The van der Waals surface area contributed by atoms with Crippen LogP contribution >= 0.6 is 11.3 Å². The summed E-state index contributed by atoms with van der Waals surface area (Å²) in [7, 11) is 0. The van der Waals surface area contributed by atoms with Crippen LogP contribution in [-0.2, 0) is 24.4 Å². The second kappa shape index (κ2) is 7.88. The van der Waals surface area contributed by atoms with Crippen LogP contribution in [0.2, 0.25) is 0 Å². The Hall–Kier alpha value is -1.47. The van der Waals surface area contributed by atoms with Crippen molar-refractivity contribution < 1.29 is 4.74 Å². The molecule has 0 amide bonds. The van der Waals surface area contributed by atoms with E-state index < -0.39 is 0 Å². The fourth-order valence-corrected chi connectivity index (χ4v) is 3.52. The average molecular weight is 332 g/mol. The second-order valence-corrected chi connectivity index (χ2v) is 7.15. The predicted octanol–water partition coefficient (Wildman–Crippen LogP) is 2.24. The summed E-state index contributed by atoms with van der Waals surface area (Å²) < 4.78 is 5.60. The minimum absolute atomic E-state index is 0.334. The first-order valence-electron chi connectivity index (χ1n) is 8.02. The Bertz CT molecular complexity index is 631. The third-order valence-corrected chi connectivity index (χ3v) is 4.75. The average Bonchev–Trinajstić information content (AvgIpc) is 2.93. The van der Waals surface area contributed by atoms with Crippen LogP contribution in [0.1, 0.15) is 22.9 Å². The van der Waals surface area contributed by atoms with Gasteiger partial charge in [0.05, 0.1) is 12.7 Å². The van der Waals surface area contributed by atoms with Crippen molar-refractivity contribution in [1.82, 2.24) is 15.2 Å². The highest BCUT2D eigenvalue weighted by Gasteiger charge is 2.16. The number of nitrogens with two attached hydrogens (primary N) is 1. The molecule has 124 valence electrons. The fraction of sp³-hybridized carbons (Fsp3) is 0.471. The molecule has 3 N–H and O–H groups in total. The van der Waals surface area contributed by atoms with E-state index in [4.69, 9.17) is 10.5 Å². The number of morpholine rings is 1. The highest BCUT2D eigenvalue weighted by molar-refractivity contribution is 7.15. The minimum atomic E-state index is 0.334. The van der Waals surface area contributed by atoms with Gasteiger partial charge in [0.1, 0.15) is 0 Å². The molecule has 2 heterocycles. The van der Waals surface area contributed by atoms with Crippen molar-refractivity contribution in [3.8, 4) is 0 Å². The van der Waals surface area contributed by atoms with Gasteiger partial charge in [-0.1, -0.05) is 24.3 Å². The largest absolute Gasteiger partial charge is 0.376 e. The monoisotopic (exact) mass is 332 g/mol. The Morgan fingerprint density at radius 2 is 2.26 bits per heavy atom. The minimum Gasteiger partial charge on any atom is -0.376 e. The maximum atomic E-state index is 5.65. The van der Waals surface area contributed by atoms with Crippen LogP contribution in [0.3, 0.4) is 0 Å². The van der Waals surface area contributed by atoms with E-state index in [1.165, 1.54) is 27.3 Å². The summed E-state index contributed by atoms with van der Waals surface area (Å²) in [5.74, 6) is 0. The van der Waals surface area contributed by atoms with Gasteiger partial charge in [-0.05, 0) is 18.1 Å². The molecule has 2 aromatic rings. The summed E-state index contributed by atoms with van der Waals surface area (Å²) in [6.07, 6.45) is 2.17. The second-order valence-electron chi connectivity index (χ2n) is 6.00. The molecule has 0 aliphatic carbocycles. The molecular formula is C17H24N4OS. The van der Waals surface area contributed by atoms with Crippen LogP contribution < -0.4 is 11.1 Å². The number of aromatic nitrogens is 1. The molecule has 1 aliphatic heterocycles. The first kappa shape index (κ1) is 16.4. The summed E-state index contributed by atoms with van der Waals surface area (Å²) in [4.78, 5) is 7.69. The zero-order valence-corrected chi connectivity index (χ0v) is 14.3. The summed E-state index contributed by atoms with van der Waals surface area (Å²) >= 11 is 1.54. The first-order valence-corrected chi connectivity index (χ1v) is 8.83. The third-order valence-electron chi connectivity index (χ3n) is 3.92. The molecule has 23 heavy (non-hydrogen) atoms. The van der Waals surface area contributed by atoms with Crippen molar-refractivity contribution in [2.45, 2.75) is 32.7 Å². The predicted molar refractivity (Wildman–Crippen MR) is 94.2 cm³/mol. The van der Waals surface area contributed by atoms with E-state index in [-0.39, 0.29) is 0 Å². The molecule has 0 bridgehead atoms. The van der Waals surface area contributed by atoms with Gasteiger partial charge in [-0.15, -0.1) is 11.3 Å².